The highest BCUT2D eigenvalue weighted by Gasteiger charge is 2.03. The zero-order chi connectivity index (χ0) is 17.1. The summed E-state index contributed by atoms with van der Waals surface area (Å²) in [6.07, 6.45) is 5.70. The first-order chi connectivity index (χ1) is 12.3. The van der Waals surface area contributed by atoms with E-state index in [2.05, 4.69) is 25.7 Å². The second-order valence-corrected chi connectivity index (χ2v) is 5.66. The van der Waals surface area contributed by atoms with Crippen molar-refractivity contribution in [3.63, 3.8) is 0 Å². The van der Waals surface area contributed by atoms with Crippen LogP contribution in [0.25, 0.3) is 11.5 Å². The van der Waals surface area contributed by atoms with E-state index in [1.165, 1.54) is 0 Å². The van der Waals surface area contributed by atoms with Crippen molar-refractivity contribution < 1.29 is 0 Å². The Kier molecular flexibility index (Phi) is 3.96. The van der Waals surface area contributed by atoms with Crippen LogP contribution in [-0.4, -0.2) is 29.8 Å². The number of nitrogens with zero attached hydrogens (tertiary/aromatic N) is 6. The van der Waals surface area contributed by atoms with E-state index in [1.807, 2.05) is 78.7 Å². The number of rotatable bonds is 5. The predicted molar refractivity (Wildman–Crippen MR) is 94.8 cm³/mol. The van der Waals surface area contributed by atoms with Crippen LogP contribution in [0.3, 0.4) is 0 Å². The maximum atomic E-state index is 4.38. The number of aryl methyl sites for hydroxylation is 1. The first-order valence-corrected chi connectivity index (χ1v) is 7.97. The molecule has 0 amide bonds. The molecule has 3 aromatic heterocycles. The largest absolute Gasteiger partial charge is 0.364 e. The fraction of sp³-hybridized carbons (Fsp3) is 0.111. The van der Waals surface area contributed by atoms with Crippen molar-refractivity contribution in [2.24, 2.45) is 0 Å². The molecule has 0 aliphatic carbocycles. The summed E-state index contributed by atoms with van der Waals surface area (Å²) in [4.78, 5) is 0. The number of aromatic nitrogens is 6. The first kappa shape index (κ1) is 15.1. The van der Waals surface area contributed by atoms with E-state index in [0.29, 0.717) is 18.2 Å². The number of anilines is 1. The van der Waals surface area contributed by atoms with Crippen LogP contribution in [-0.2, 0) is 6.54 Å². The van der Waals surface area contributed by atoms with Crippen molar-refractivity contribution in [3.8, 4) is 11.5 Å². The molecule has 0 bridgehead atoms. The third kappa shape index (κ3) is 3.40. The summed E-state index contributed by atoms with van der Waals surface area (Å²) in [5.74, 6) is 1.40. The lowest BCUT2D eigenvalue weighted by atomic mass is 10.3. The van der Waals surface area contributed by atoms with E-state index in [4.69, 9.17) is 0 Å². The molecule has 1 N–H and O–H groups in total. The predicted octanol–water partition coefficient (Wildman–Crippen LogP) is 2.77. The van der Waals surface area contributed by atoms with Crippen molar-refractivity contribution in [1.82, 2.24) is 29.8 Å². The summed E-state index contributed by atoms with van der Waals surface area (Å²) in [5.41, 5.74) is 3.05. The van der Waals surface area contributed by atoms with E-state index in [-0.39, 0.29) is 0 Å². The standard InChI is InChI=1S/C18H17N7/c1-14-9-10-24(23-14)18-8-7-17(21-22-18)19-11-15-12-20-25(13-15)16-5-3-2-4-6-16/h2-10,12-13H,11H2,1H3,(H,19,21). The van der Waals surface area contributed by atoms with Gasteiger partial charge in [0.15, 0.2) is 5.82 Å². The quantitative estimate of drug-likeness (QED) is 0.609. The molecule has 25 heavy (non-hydrogen) atoms. The summed E-state index contributed by atoms with van der Waals surface area (Å²) in [7, 11) is 0. The molecule has 0 saturated carbocycles. The van der Waals surface area contributed by atoms with Crippen molar-refractivity contribution in [3.05, 3.63) is 78.4 Å². The summed E-state index contributed by atoms with van der Waals surface area (Å²) in [6, 6.07) is 15.7. The van der Waals surface area contributed by atoms with Gasteiger partial charge in [0.25, 0.3) is 0 Å². The van der Waals surface area contributed by atoms with Crippen molar-refractivity contribution in [2.75, 3.05) is 5.32 Å². The summed E-state index contributed by atoms with van der Waals surface area (Å²) >= 11 is 0. The Bertz CT molecular complexity index is 955. The highest BCUT2D eigenvalue weighted by atomic mass is 15.3. The SMILES string of the molecule is Cc1ccn(-c2ccc(NCc3cnn(-c4ccccc4)c3)nn2)n1. The Morgan fingerprint density at radius 1 is 0.960 bits per heavy atom. The number of nitrogens with one attached hydrogen (secondary N) is 1. The van der Waals surface area contributed by atoms with E-state index in [9.17, 15) is 0 Å². The topological polar surface area (TPSA) is 73.5 Å². The van der Waals surface area contributed by atoms with Gasteiger partial charge in [-0.2, -0.15) is 10.2 Å². The summed E-state index contributed by atoms with van der Waals surface area (Å²) in [5, 5.41) is 20.3. The monoisotopic (exact) mass is 331 g/mol. The molecule has 0 aliphatic rings. The van der Waals surface area contributed by atoms with Gasteiger partial charge < -0.3 is 5.32 Å². The molecular formula is C18H17N7. The van der Waals surface area contributed by atoms with Gasteiger partial charge in [-0.15, -0.1) is 10.2 Å². The van der Waals surface area contributed by atoms with Gasteiger partial charge in [-0.1, -0.05) is 18.2 Å². The lowest BCUT2D eigenvalue weighted by molar-refractivity contribution is 0.803. The second kappa shape index (κ2) is 6.56. The smallest absolute Gasteiger partial charge is 0.175 e. The fourth-order valence-corrected chi connectivity index (χ4v) is 2.45. The Balaban J connectivity index is 1.41. The second-order valence-electron chi connectivity index (χ2n) is 5.66. The maximum Gasteiger partial charge on any atom is 0.175 e. The zero-order valence-corrected chi connectivity index (χ0v) is 13.7. The lowest BCUT2D eigenvalue weighted by Crippen LogP contribution is -2.05. The fourth-order valence-electron chi connectivity index (χ4n) is 2.45. The number of hydrogen-bond donors (Lipinski definition) is 1. The Morgan fingerprint density at radius 3 is 2.56 bits per heavy atom. The van der Waals surface area contributed by atoms with Crippen LogP contribution in [0.1, 0.15) is 11.3 Å². The minimum atomic E-state index is 0.627. The highest BCUT2D eigenvalue weighted by Crippen LogP contribution is 2.10. The average molecular weight is 331 g/mol. The van der Waals surface area contributed by atoms with E-state index in [1.54, 1.807) is 4.68 Å². The molecule has 0 saturated heterocycles. The van der Waals surface area contributed by atoms with Gasteiger partial charge in [0.2, 0.25) is 0 Å². The van der Waals surface area contributed by atoms with Gasteiger partial charge in [-0.25, -0.2) is 9.36 Å². The molecule has 0 spiro atoms. The first-order valence-electron chi connectivity index (χ1n) is 7.97. The third-order valence-electron chi connectivity index (χ3n) is 3.74. The van der Waals surface area contributed by atoms with Crippen LogP contribution >= 0.6 is 0 Å². The third-order valence-corrected chi connectivity index (χ3v) is 3.74. The number of hydrogen-bond acceptors (Lipinski definition) is 5. The van der Waals surface area contributed by atoms with Gasteiger partial charge in [0.05, 0.1) is 17.6 Å². The molecule has 0 radical (unpaired) electrons. The van der Waals surface area contributed by atoms with Gasteiger partial charge in [0.1, 0.15) is 5.82 Å². The van der Waals surface area contributed by atoms with Crippen LogP contribution in [0, 0.1) is 6.92 Å². The van der Waals surface area contributed by atoms with Gasteiger partial charge in [-0.05, 0) is 37.3 Å². The number of benzene rings is 1. The van der Waals surface area contributed by atoms with E-state index < -0.39 is 0 Å². The van der Waals surface area contributed by atoms with Crippen molar-refractivity contribution >= 4 is 5.82 Å². The lowest BCUT2D eigenvalue weighted by Gasteiger charge is -2.04. The van der Waals surface area contributed by atoms with Gasteiger partial charge >= 0.3 is 0 Å². The molecule has 4 rings (SSSR count). The highest BCUT2D eigenvalue weighted by molar-refractivity contribution is 5.37. The average Bonchev–Trinajstić information content (AvgIpc) is 3.30. The zero-order valence-electron chi connectivity index (χ0n) is 13.7. The Labute approximate surface area is 145 Å². The minimum absolute atomic E-state index is 0.627. The van der Waals surface area contributed by atoms with Gasteiger partial charge in [-0.3, -0.25) is 0 Å². The van der Waals surface area contributed by atoms with Gasteiger partial charge in [0, 0.05) is 24.5 Å². The normalized spacial score (nSPS) is 10.8. The van der Waals surface area contributed by atoms with Crippen LogP contribution in [0.5, 0.6) is 0 Å². The molecule has 3 heterocycles. The van der Waals surface area contributed by atoms with Crippen molar-refractivity contribution in [2.45, 2.75) is 13.5 Å². The summed E-state index contributed by atoms with van der Waals surface area (Å²) < 4.78 is 3.56. The molecule has 0 atom stereocenters. The van der Waals surface area contributed by atoms with Crippen molar-refractivity contribution in [1.29, 1.82) is 0 Å². The van der Waals surface area contributed by atoms with Crippen LogP contribution in [0.4, 0.5) is 5.82 Å². The molecule has 0 fully saturated rings. The van der Waals surface area contributed by atoms with E-state index >= 15 is 0 Å². The minimum Gasteiger partial charge on any atom is -0.364 e. The summed E-state index contributed by atoms with van der Waals surface area (Å²) in [6.45, 7) is 2.57. The molecular weight excluding hydrogens is 314 g/mol. The molecule has 4 aromatic rings. The molecule has 0 unspecified atom stereocenters. The molecule has 7 nitrogen and oxygen atoms in total. The Morgan fingerprint density at radius 2 is 1.84 bits per heavy atom. The van der Waals surface area contributed by atoms with Crippen LogP contribution in [0.15, 0.2) is 67.1 Å². The molecule has 124 valence electrons. The molecule has 1 aromatic carbocycles. The van der Waals surface area contributed by atoms with E-state index in [0.717, 1.165) is 16.9 Å². The Hall–Kier alpha value is -3.48. The molecule has 7 heteroatoms. The number of para-hydroxylation sites is 1. The molecule has 0 aliphatic heterocycles. The maximum absolute atomic E-state index is 4.38. The van der Waals surface area contributed by atoms with Crippen LogP contribution < -0.4 is 5.32 Å². The van der Waals surface area contributed by atoms with Crippen LogP contribution in [0.2, 0.25) is 0 Å².